The SMILES string of the molecule is CC(CN)c1ccc2c(c1)c1ccccc1n2CC1CC1. The number of benzene rings is 2. The highest BCUT2D eigenvalue weighted by Crippen LogP contribution is 2.36. The third kappa shape index (κ3) is 2.14. The van der Waals surface area contributed by atoms with E-state index in [9.17, 15) is 0 Å². The molecule has 2 heteroatoms. The highest BCUT2D eigenvalue weighted by Gasteiger charge is 2.23. The van der Waals surface area contributed by atoms with Gasteiger partial charge in [0.1, 0.15) is 0 Å². The van der Waals surface area contributed by atoms with Crippen molar-refractivity contribution in [3.63, 3.8) is 0 Å². The molecule has 0 spiro atoms. The Morgan fingerprint density at radius 1 is 1.10 bits per heavy atom. The summed E-state index contributed by atoms with van der Waals surface area (Å²) < 4.78 is 2.51. The normalized spacial score (nSPS) is 16.7. The maximum atomic E-state index is 5.83. The minimum atomic E-state index is 0.417. The van der Waals surface area contributed by atoms with E-state index in [2.05, 4.69) is 54.0 Å². The number of nitrogens with two attached hydrogens (primary N) is 1. The zero-order chi connectivity index (χ0) is 14.4. The van der Waals surface area contributed by atoms with E-state index in [-0.39, 0.29) is 0 Å². The fraction of sp³-hybridized carbons (Fsp3) is 0.368. The zero-order valence-corrected chi connectivity index (χ0v) is 12.5. The van der Waals surface area contributed by atoms with Crippen LogP contribution in [0.1, 0.15) is 31.2 Å². The molecule has 1 saturated carbocycles. The van der Waals surface area contributed by atoms with Gasteiger partial charge in [-0.25, -0.2) is 0 Å². The largest absolute Gasteiger partial charge is 0.340 e. The maximum Gasteiger partial charge on any atom is 0.0491 e. The first-order valence-electron chi connectivity index (χ1n) is 7.99. The monoisotopic (exact) mass is 278 g/mol. The van der Waals surface area contributed by atoms with Gasteiger partial charge in [0.2, 0.25) is 0 Å². The van der Waals surface area contributed by atoms with Crippen molar-refractivity contribution in [2.45, 2.75) is 32.2 Å². The van der Waals surface area contributed by atoms with Crippen molar-refractivity contribution in [3.05, 3.63) is 48.0 Å². The topological polar surface area (TPSA) is 30.9 Å². The van der Waals surface area contributed by atoms with Crippen molar-refractivity contribution in [1.82, 2.24) is 4.57 Å². The molecular weight excluding hydrogens is 256 g/mol. The van der Waals surface area contributed by atoms with Gasteiger partial charge in [0, 0.05) is 28.4 Å². The standard InChI is InChI=1S/C19H22N2/c1-13(11-20)15-8-9-19-17(10-15)16-4-2-3-5-18(16)21(19)12-14-6-7-14/h2-5,8-10,13-14H,6-7,11-12,20H2,1H3. The predicted molar refractivity (Wildman–Crippen MR) is 89.6 cm³/mol. The lowest BCUT2D eigenvalue weighted by molar-refractivity contribution is 0.664. The predicted octanol–water partition coefficient (Wildman–Crippen LogP) is 4.27. The van der Waals surface area contributed by atoms with Crippen LogP contribution in [0.5, 0.6) is 0 Å². The lowest BCUT2D eigenvalue weighted by Gasteiger charge is -2.10. The summed E-state index contributed by atoms with van der Waals surface area (Å²) in [6.07, 6.45) is 2.77. The molecule has 3 aromatic rings. The van der Waals surface area contributed by atoms with Crippen molar-refractivity contribution in [1.29, 1.82) is 0 Å². The molecule has 4 rings (SSSR count). The average Bonchev–Trinajstić information content (AvgIpc) is 3.30. The lowest BCUT2D eigenvalue weighted by atomic mass is 9.99. The van der Waals surface area contributed by atoms with Gasteiger partial charge in [0.15, 0.2) is 0 Å². The highest BCUT2D eigenvalue weighted by molar-refractivity contribution is 6.08. The second-order valence-corrected chi connectivity index (χ2v) is 6.48. The second-order valence-electron chi connectivity index (χ2n) is 6.48. The van der Waals surface area contributed by atoms with Gasteiger partial charge in [-0.1, -0.05) is 31.2 Å². The van der Waals surface area contributed by atoms with E-state index in [1.54, 1.807) is 0 Å². The van der Waals surface area contributed by atoms with Crippen LogP contribution in [-0.2, 0) is 6.54 Å². The summed E-state index contributed by atoms with van der Waals surface area (Å²) in [4.78, 5) is 0. The van der Waals surface area contributed by atoms with Crippen LogP contribution < -0.4 is 5.73 Å². The quantitative estimate of drug-likeness (QED) is 0.759. The van der Waals surface area contributed by atoms with Crippen LogP contribution in [0.15, 0.2) is 42.5 Å². The van der Waals surface area contributed by atoms with Crippen LogP contribution in [0.4, 0.5) is 0 Å². The molecule has 2 nitrogen and oxygen atoms in total. The summed E-state index contributed by atoms with van der Waals surface area (Å²) in [6.45, 7) is 4.06. The molecule has 2 N–H and O–H groups in total. The van der Waals surface area contributed by atoms with Gasteiger partial charge < -0.3 is 10.3 Å². The molecule has 0 bridgehead atoms. The summed E-state index contributed by atoms with van der Waals surface area (Å²) in [5.74, 6) is 1.30. The van der Waals surface area contributed by atoms with Gasteiger partial charge in [-0.15, -0.1) is 0 Å². The van der Waals surface area contributed by atoms with E-state index in [0.29, 0.717) is 12.5 Å². The van der Waals surface area contributed by atoms with E-state index in [4.69, 9.17) is 5.73 Å². The summed E-state index contributed by atoms with van der Waals surface area (Å²) >= 11 is 0. The van der Waals surface area contributed by atoms with Crippen LogP contribution >= 0.6 is 0 Å². The first kappa shape index (κ1) is 12.9. The van der Waals surface area contributed by atoms with Crippen LogP contribution in [0, 0.1) is 5.92 Å². The molecule has 0 aliphatic heterocycles. The molecule has 0 saturated heterocycles. The molecule has 1 aliphatic rings. The zero-order valence-electron chi connectivity index (χ0n) is 12.5. The molecule has 0 radical (unpaired) electrons. The third-order valence-corrected chi connectivity index (χ3v) is 4.86. The molecular formula is C19H22N2. The minimum absolute atomic E-state index is 0.417. The first-order chi connectivity index (χ1) is 10.3. The number of para-hydroxylation sites is 1. The van der Waals surface area contributed by atoms with Gasteiger partial charge in [-0.05, 0) is 55.0 Å². The van der Waals surface area contributed by atoms with Crippen molar-refractivity contribution >= 4 is 21.8 Å². The number of aromatic nitrogens is 1. The molecule has 2 aromatic carbocycles. The number of nitrogens with zero attached hydrogens (tertiary/aromatic N) is 1. The van der Waals surface area contributed by atoms with Gasteiger partial charge in [-0.3, -0.25) is 0 Å². The number of fused-ring (bicyclic) bond motifs is 3. The molecule has 108 valence electrons. The highest BCUT2D eigenvalue weighted by atomic mass is 15.0. The number of hydrogen-bond donors (Lipinski definition) is 1. The van der Waals surface area contributed by atoms with Crippen molar-refractivity contribution < 1.29 is 0 Å². The van der Waals surface area contributed by atoms with Gasteiger partial charge in [-0.2, -0.15) is 0 Å². The smallest absolute Gasteiger partial charge is 0.0491 e. The molecule has 1 fully saturated rings. The van der Waals surface area contributed by atoms with Crippen LogP contribution in [0.2, 0.25) is 0 Å². The summed E-state index contributed by atoms with van der Waals surface area (Å²) in [6, 6.07) is 15.7. The summed E-state index contributed by atoms with van der Waals surface area (Å²) in [7, 11) is 0. The van der Waals surface area contributed by atoms with Gasteiger partial charge >= 0.3 is 0 Å². The molecule has 1 unspecified atom stereocenters. The van der Waals surface area contributed by atoms with Crippen LogP contribution in [-0.4, -0.2) is 11.1 Å². The Morgan fingerprint density at radius 2 is 1.86 bits per heavy atom. The van der Waals surface area contributed by atoms with Crippen molar-refractivity contribution in [2.24, 2.45) is 11.7 Å². The third-order valence-electron chi connectivity index (χ3n) is 4.86. The molecule has 0 amide bonds. The Kier molecular flexibility index (Phi) is 3.00. The average molecular weight is 278 g/mol. The van der Waals surface area contributed by atoms with E-state index in [0.717, 1.165) is 12.5 Å². The lowest BCUT2D eigenvalue weighted by Crippen LogP contribution is -2.08. The maximum absolute atomic E-state index is 5.83. The minimum Gasteiger partial charge on any atom is -0.340 e. The van der Waals surface area contributed by atoms with Gasteiger partial charge in [0.25, 0.3) is 0 Å². The fourth-order valence-corrected chi connectivity index (χ4v) is 3.27. The molecule has 1 atom stereocenters. The second kappa shape index (κ2) is 4.88. The Labute approximate surface area is 125 Å². The summed E-state index contributed by atoms with van der Waals surface area (Å²) in [5, 5.41) is 2.75. The summed E-state index contributed by atoms with van der Waals surface area (Å²) in [5.41, 5.74) is 9.93. The molecule has 21 heavy (non-hydrogen) atoms. The first-order valence-corrected chi connectivity index (χ1v) is 7.99. The molecule has 1 aliphatic carbocycles. The Bertz CT molecular complexity index is 796. The van der Waals surface area contributed by atoms with E-state index in [1.807, 2.05) is 0 Å². The Balaban J connectivity index is 1.97. The van der Waals surface area contributed by atoms with Crippen molar-refractivity contribution in [3.8, 4) is 0 Å². The Hall–Kier alpha value is -1.80. The fourth-order valence-electron chi connectivity index (χ4n) is 3.27. The van der Waals surface area contributed by atoms with Gasteiger partial charge in [0.05, 0.1) is 0 Å². The van der Waals surface area contributed by atoms with E-state index >= 15 is 0 Å². The Morgan fingerprint density at radius 3 is 2.62 bits per heavy atom. The molecule has 1 aromatic heterocycles. The number of rotatable bonds is 4. The van der Waals surface area contributed by atoms with E-state index in [1.165, 1.54) is 40.2 Å². The van der Waals surface area contributed by atoms with Crippen LogP contribution in [0.3, 0.4) is 0 Å². The molecule has 1 heterocycles. The van der Waals surface area contributed by atoms with Crippen LogP contribution in [0.25, 0.3) is 21.8 Å². The van der Waals surface area contributed by atoms with E-state index < -0.39 is 0 Å². The number of hydrogen-bond acceptors (Lipinski definition) is 1. The van der Waals surface area contributed by atoms with Crippen molar-refractivity contribution in [2.75, 3.05) is 6.54 Å².